The standard InChI is InChI=1S/C13H23N3O2S/c1-3-4-5-6-11(2)16-19(17,18)13-9-7-12(15-14)8-10-13/h7-11,15-16H,3-6,14H2,1-2H3. The highest BCUT2D eigenvalue weighted by Gasteiger charge is 2.16. The Hall–Kier alpha value is -1.11. The first-order valence-electron chi connectivity index (χ1n) is 6.58. The van der Waals surface area contributed by atoms with Crippen LogP contribution in [0.4, 0.5) is 5.69 Å². The molecule has 1 rings (SSSR count). The lowest BCUT2D eigenvalue weighted by atomic mass is 10.1. The third kappa shape index (κ3) is 5.18. The molecule has 0 heterocycles. The lowest BCUT2D eigenvalue weighted by Gasteiger charge is -2.14. The number of rotatable bonds is 8. The summed E-state index contributed by atoms with van der Waals surface area (Å²) in [7, 11) is -3.44. The van der Waals surface area contributed by atoms with Crippen LogP contribution in [0.5, 0.6) is 0 Å². The number of unbranched alkanes of at least 4 members (excludes halogenated alkanes) is 2. The average molecular weight is 285 g/mol. The van der Waals surface area contributed by atoms with E-state index in [1.165, 1.54) is 12.1 Å². The average Bonchev–Trinajstić information content (AvgIpc) is 2.38. The Bertz CT molecular complexity index is 471. The van der Waals surface area contributed by atoms with Gasteiger partial charge in [0, 0.05) is 11.7 Å². The molecule has 0 aromatic heterocycles. The molecule has 0 fully saturated rings. The van der Waals surface area contributed by atoms with Crippen LogP contribution in [-0.2, 0) is 10.0 Å². The Morgan fingerprint density at radius 3 is 2.37 bits per heavy atom. The van der Waals surface area contributed by atoms with E-state index in [9.17, 15) is 8.42 Å². The third-order valence-electron chi connectivity index (χ3n) is 2.93. The SMILES string of the molecule is CCCCCC(C)NS(=O)(=O)c1ccc(NN)cc1. The number of anilines is 1. The number of hydrazine groups is 1. The Kier molecular flexibility index (Phi) is 6.27. The number of nitrogens with one attached hydrogen (secondary N) is 2. The van der Waals surface area contributed by atoms with Gasteiger partial charge in [0.1, 0.15) is 0 Å². The van der Waals surface area contributed by atoms with Crippen LogP contribution in [0.1, 0.15) is 39.5 Å². The molecular weight excluding hydrogens is 262 g/mol. The molecule has 6 heteroatoms. The summed E-state index contributed by atoms with van der Waals surface area (Å²) in [6, 6.07) is 6.29. The summed E-state index contributed by atoms with van der Waals surface area (Å²) in [5, 5.41) is 0. The highest BCUT2D eigenvalue weighted by molar-refractivity contribution is 7.89. The molecule has 0 aliphatic rings. The second-order valence-corrected chi connectivity index (χ2v) is 6.40. The van der Waals surface area contributed by atoms with Crippen molar-refractivity contribution < 1.29 is 8.42 Å². The lowest BCUT2D eigenvalue weighted by molar-refractivity contribution is 0.527. The topological polar surface area (TPSA) is 84.2 Å². The van der Waals surface area contributed by atoms with Gasteiger partial charge in [0.25, 0.3) is 0 Å². The molecule has 0 saturated heterocycles. The van der Waals surface area contributed by atoms with Crippen LogP contribution >= 0.6 is 0 Å². The summed E-state index contributed by atoms with van der Waals surface area (Å²) in [6.45, 7) is 4.02. The second-order valence-electron chi connectivity index (χ2n) is 4.69. The molecular formula is C13H23N3O2S. The van der Waals surface area contributed by atoms with Gasteiger partial charge in [-0.05, 0) is 37.6 Å². The van der Waals surface area contributed by atoms with E-state index in [2.05, 4.69) is 17.1 Å². The first kappa shape index (κ1) is 15.9. The number of benzene rings is 1. The molecule has 1 atom stereocenters. The predicted octanol–water partition coefficient (Wildman–Crippen LogP) is 2.22. The molecule has 0 aliphatic carbocycles. The van der Waals surface area contributed by atoms with E-state index in [0.29, 0.717) is 5.69 Å². The number of hydrogen-bond acceptors (Lipinski definition) is 4. The summed E-state index contributed by atoms with van der Waals surface area (Å²) in [4.78, 5) is 0.258. The minimum atomic E-state index is -3.44. The maximum Gasteiger partial charge on any atom is 0.240 e. The molecule has 108 valence electrons. The summed E-state index contributed by atoms with van der Waals surface area (Å²) in [5.74, 6) is 5.24. The molecule has 1 aromatic carbocycles. The van der Waals surface area contributed by atoms with Crippen LogP contribution in [0.25, 0.3) is 0 Å². The van der Waals surface area contributed by atoms with Crippen LogP contribution < -0.4 is 16.0 Å². The summed E-state index contributed by atoms with van der Waals surface area (Å²) < 4.78 is 26.9. The number of nitrogens with two attached hydrogens (primary N) is 1. The molecule has 0 saturated carbocycles. The molecule has 1 aromatic rings. The molecule has 1 unspecified atom stereocenters. The van der Waals surface area contributed by atoms with Gasteiger partial charge in [-0.15, -0.1) is 0 Å². The highest BCUT2D eigenvalue weighted by atomic mass is 32.2. The number of sulfonamides is 1. The van der Waals surface area contributed by atoms with Crippen LogP contribution in [-0.4, -0.2) is 14.5 Å². The van der Waals surface area contributed by atoms with Gasteiger partial charge in [0.05, 0.1) is 4.90 Å². The van der Waals surface area contributed by atoms with Crippen molar-refractivity contribution >= 4 is 15.7 Å². The van der Waals surface area contributed by atoms with Gasteiger partial charge in [-0.3, -0.25) is 5.84 Å². The normalized spacial score (nSPS) is 13.2. The quantitative estimate of drug-likeness (QED) is 0.388. The van der Waals surface area contributed by atoms with Gasteiger partial charge in [-0.2, -0.15) is 0 Å². The first-order chi connectivity index (χ1) is 8.99. The van der Waals surface area contributed by atoms with Gasteiger partial charge in [-0.1, -0.05) is 26.2 Å². The molecule has 0 aliphatic heterocycles. The van der Waals surface area contributed by atoms with Crippen molar-refractivity contribution in [3.05, 3.63) is 24.3 Å². The van der Waals surface area contributed by atoms with Gasteiger partial charge >= 0.3 is 0 Å². The van der Waals surface area contributed by atoms with Crippen LogP contribution in [0.2, 0.25) is 0 Å². The van der Waals surface area contributed by atoms with Crippen molar-refractivity contribution in [1.82, 2.24) is 4.72 Å². The monoisotopic (exact) mass is 285 g/mol. The Morgan fingerprint density at radius 1 is 1.21 bits per heavy atom. The van der Waals surface area contributed by atoms with Gasteiger partial charge in [0.15, 0.2) is 0 Å². The largest absolute Gasteiger partial charge is 0.324 e. The third-order valence-corrected chi connectivity index (χ3v) is 4.53. The highest BCUT2D eigenvalue weighted by Crippen LogP contribution is 2.14. The van der Waals surface area contributed by atoms with E-state index in [-0.39, 0.29) is 10.9 Å². The fraction of sp³-hybridized carbons (Fsp3) is 0.538. The van der Waals surface area contributed by atoms with E-state index < -0.39 is 10.0 Å². The van der Waals surface area contributed by atoms with E-state index in [4.69, 9.17) is 5.84 Å². The lowest BCUT2D eigenvalue weighted by Crippen LogP contribution is -2.32. The zero-order valence-corrected chi connectivity index (χ0v) is 12.3. The van der Waals surface area contributed by atoms with Crippen LogP contribution in [0.3, 0.4) is 0 Å². The fourth-order valence-electron chi connectivity index (χ4n) is 1.82. The van der Waals surface area contributed by atoms with Crippen LogP contribution in [0, 0.1) is 0 Å². The van der Waals surface area contributed by atoms with Gasteiger partial charge in [-0.25, -0.2) is 13.1 Å². The molecule has 5 nitrogen and oxygen atoms in total. The van der Waals surface area contributed by atoms with E-state index in [0.717, 1.165) is 25.7 Å². The van der Waals surface area contributed by atoms with E-state index in [1.807, 2.05) is 6.92 Å². The van der Waals surface area contributed by atoms with Crippen molar-refractivity contribution in [1.29, 1.82) is 0 Å². The summed E-state index contributed by atoms with van der Waals surface area (Å²) >= 11 is 0. The van der Waals surface area contributed by atoms with Gasteiger partial charge in [0.2, 0.25) is 10.0 Å². The van der Waals surface area contributed by atoms with Crippen molar-refractivity contribution in [2.75, 3.05) is 5.43 Å². The second kappa shape index (κ2) is 7.47. The Labute approximate surface area is 115 Å². The molecule has 0 bridgehead atoms. The zero-order chi connectivity index (χ0) is 14.3. The molecule has 0 radical (unpaired) electrons. The van der Waals surface area contributed by atoms with Crippen molar-refractivity contribution in [3.63, 3.8) is 0 Å². The van der Waals surface area contributed by atoms with Crippen molar-refractivity contribution in [3.8, 4) is 0 Å². The molecule has 4 N–H and O–H groups in total. The summed E-state index contributed by atoms with van der Waals surface area (Å²) in [6.07, 6.45) is 4.15. The molecule has 0 amide bonds. The van der Waals surface area contributed by atoms with E-state index in [1.54, 1.807) is 12.1 Å². The predicted molar refractivity (Wildman–Crippen MR) is 78.2 cm³/mol. The fourth-order valence-corrected chi connectivity index (χ4v) is 3.10. The smallest absolute Gasteiger partial charge is 0.240 e. The van der Waals surface area contributed by atoms with E-state index >= 15 is 0 Å². The summed E-state index contributed by atoms with van der Waals surface area (Å²) in [5.41, 5.74) is 3.14. The van der Waals surface area contributed by atoms with Crippen LogP contribution in [0.15, 0.2) is 29.2 Å². The minimum Gasteiger partial charge on any atom is -0.324 e. The maximum absolute atomic E-state index is 12.1. The molecule has 0 spiro atoms. The molecule has 19 heavy (non-hydrogen) atoms. The minimum absolute atomic E-state index is 0.0520. The Balaban J connectivity index is 2.63. The first-order valence-corrected chi connectivity index (χ1v) is 8.07. The maximum atomic E-state index is 12.1. The number of hydrogen-bond donors (Lipinski definition) is 3. The number of nitrogen functional groups attached to an aromatic ring is 1. The van der Waals surface area contributed by atoms with Gasteiger partial charge < -0.3 is 5.43 Å². The Morgan fingerprint density at radius 2 is 1.84 bits per heavy atom. The zero-order valence-electron chi connectivity index (χ0n) is 11.5. The van der Waals surface area contributed by atoms with Crippen molar-refractivity contribution in [2.45, 2.75) is 50.5 Å². The van der Waals surface area contributed by atoms with Crippen molar-refractivity contribution in [2.24, 2.45) is 5.84 Å².